The lowest BCUT2D eigenvalue weighted by Crippen LogP contribution is -2.32. The van der Waals surface area contributed by atoms with Gasteiger partial charge in [-0.25, -0.2) is 0 Å². The van der Waals surface area contributed by atoms with Crippen LogP contribution >= 0.6 is 12.4 Å². The number of rotatable bonds is 3. The van der Waals surface area contributed by atoms with E-state index in [0.717, 1.165) is 38.8 Å². The fourth-order valence-electron chi connectivity index (χ4n) is 2.01. The zero-order valence-corrected chi connectivity index (χ0v) is 9.85. The van der Waals surface area contributed by atoms with Crippen LogP contribution in [0.15, 0.2) is 0 Å². The summed E-state index contributed by atoms with van der Waals surface area (Å²) in [5, 5.41) is 3.31. The molecule has 2 aliphatic rings. The lowest BCUT2D eigenvalue weighted by atomic mass is 9.85. The quantitative estimate of drug-likeness (QED) is 0.755. The van der Waals surface area contributed by atoms with Crippen LogP contribution in [0.1, 0.15) is 32.1 Å². The van der Waals surface area contributed by atoms with E-state index in [2.05, 4.69) is 5.32 Å². The largest absolute Gasteiger partial charge is 0.465 e. The van der Waals surface area contributed by atoms with Crippen molar-refractivity contribution in [3.05, 3.63) is 0 Å². The fraction of sp³-hybridized carbons (Fsp3) is 0.909. The summed E-state index contributed by atoms with van der Waals surface area (Å²) < 4.78 is 5.32. The highest BCUT2D eigenvalue weighted by atomic mass is 35.5. The molecule has 4 heteroatoms. The molecule has 0 aromatic rings. The minimum Gasteiger partial charge on any atom is -0.465 e. The number of halogens is 1. The van der Waals surface area contributed by atoms with Crippen LogP contribution in [0.4, 0.5) is 0 Å². The maximum Gasteiger partial charge on any atom is 0.308 e. The maximum absolute atomic E-state index is 11.4. The molecule has 0 amide bonds. The predicted octanol–water partition coefficient (Wildman–Crippen LogP) is 1.75. The highest BCUT2D eigenvalue weighted by Crippen LogP contribution is 2.27. The van der Waals surface area contributed by atoms with Gasteiger partial charge in [-0.2, -0.15) is 0 Å². The van der Waals surface area contributed by atoms with Gasteiger partial charge in [0.15, 0.2) is 0 Å². The van der Waals surface area contributed by atoms with Crippen LogP contribution in [0.2, 0.25) is 0 Å². The minimum absolute atomic E-state index is 0. The maximum atomic E-state index is 11.4. The Morgan fingerprint density at radius 2 is 1.87 bits per heavy atom. The van der Waals surface area contributed by atoms with E-state index in [1.165, 1.54) is 6.42 Å². The summed E-state index contributed by atoms with van der Waals surface area (Å²) in [6.07, 6.45) is 5.60. The van der Waals surface area contributed by atoms with Crippen molar-refractivity contribution in [1.82, 2.24) is 5.32 Å². The molecular formula is C11H20ClNO2. The van der Waals surface area contributed by atoms with Crippen molar-refractivity contribution < 1.29 is 9.53 Å². The standard InChI is InChI=1S/C11H19NO2.ClH/c13-11(10-2-1-3-10)14-8-9-4-6-12-7-5-9;/h9-10,12H,1-8H2;1H. The van der Waals surface area contributed by atoms with E-state index in [9.17, 15) is 4.79 Å². The van der Waals surface area contributed by atoms with E-state index >= 15 is 0 Å². The molecule has 88 valence electrons. The molecule has 0 bridgehead atoms. The topological polar surface area (TPSA) is 38.3 Å². The smallest absolute Gasteiger partial charge is 0.308 e. The third-order valence-corrected chi connectivity index (χ3v) is 3.36. The Kier molecular flexibility index (Phi) is 5.40. The van der Waals surface area contributed by atoms with E-state index in [4.69, 9.17) is 4.74 Å². The molecular weight excluding hydrogens is 214 g/mol. The van der Waals surface area contributed by atoms with E-state index in [-0.39, 0.29) is 24.3 Å². The number of piperidine rings is 1. The highest BCUT2D eigenvalue weighted by Gasteiger charge is 2.27. The van der Waals surface area contributed by atoms with Gasteiger partial charge < -0.3 is 10.1 Å². The van der Waals surface area contributed by atoms with Crippen molar-refractivity contribution in [1.29, 1.82) is 0 Å². The van der Waals surface area contributed by atoms with Gasteiger partial charge in [0.05, 0.1) is 12.5 Å². The second-order valence-electron chi connectivity index (χ2n) is 4.45. The molecule has 0 aromatic heterocycles. The first-order chi connectivity index (χ1) is 6.86. The van der Waals surface area contributed by atoms with Gasteiger partial charge in [-0.15, -0.1) is 12.4 Å². The first-order valence-corrected chi connectivity index (χ1v) is 5.73. The summed E-state index contributed by atoms with van der Waals surface area (Å²) in [4.78, 5) is 11.4. The second kappa shape index (κ2) is 6.33. The Balaban J connectivity index is 0.00000112. The number of hydrogen-bond acceptors (Lipinski definition) is 3. The van der Waals surface area contributed by atoms with Gasteiger partial charge in [-0.05, 0) is 44.7 Å². The summed E-state index contributed by atoms with van der Waals surface area (Å²) in [5.74, 6) is 0.881. The second-order valence-corrected chi connectivity index (χ2v) is 4.45. The molecule has 1 N–H and O–H groups in total. The van der Waals surface area contributed by atoms with E-state index < -0.39 is 0 Å². The lowest BCUT2D eigenvalue weighted by Gasteiger charge is -2.26. The predicted molar refractivity (Wildman–Crippen MR) is 61.1 cm³/mol. The van der Waals surface area contributed by atoms with Crippen LogP contribution in [-0.2, 0) is 9.53 Å². The molecule has 2 rings (SSSR count). The average Bonchev–Trinajstić information content (AvgIpc) is 2.14. The van der Waals surface area contributed by atoms with E-state index in [1.807, 2.05) is 0 Å². The van der Waals surface area contributed by atoms with Crippen LogP contribution in [-0.4, -0.2) is 25.7 Å². The van der Waals surface area contributed by atoms with Gasteiger partial charge in [-0.1, -0.05) is 6.42 Å². The minimum atomic E-state index is 0. The van der Waals surface area contributed by atoms with Crippen LogP contribution in [0.5, 0.6) is 0 Å². The Morgan fingerprint density at radius 3 is 2.40 bits per heavy atom. The Morgan fingerprint density at radius 1 is 1.20 bits per heavy atom. The van der Waals surface area contributed by atoms with E-state index in [0.29, 0.717) is 12.5 Å². The summed E-state index contributed by atoms with van der Waals surface area (Å²) >= 11 is 0. The van der Waals surface area contributed by atoms with Crippen molar-refractivity contribution in [3.63, 3.8) is 0 Å². The number of carbonyl (C=O) groups excluding carboxylic acids is 1. The summed E-state index contributed by atoms with van der Waals surface area (Å²) in [6, 6.07) is 0. The summed E-state index contributed by atoms with van der Waals surface area (Å²) in [5.41, 5.74) is 0. The zero-order valence-electron chi connectivity index (χ0n) is 9.04. The van der Waals surface area contributed by atoms with Crippen molar-refractivity contribution in [2.24, 2.45) is 11.8 Å². The van der Waals surface area contributed by atoms with Crippen molar-refractivity contribution in [2.45, 2.75) is 32.1 Å². The highest BCUT2D eigenvalue weighted by molar-refractivity contribution is 5.85. The molecule has 1 aliphatic carbocycles. The molecule has 3 nitrogen and oxygen atoms in total. The number of hydrogen-bond donors (Lipinski definition) is 1. The summed E-state index contributed by atoms with van der Waals surface area (Å²) in [6.45, 7) is 2.80. The number of carbonyl (C=O) groups is 1. The fourth-order valence-corrected chi connectivity index (χ4v) is 2.01. The van der Waals surface area contributed by atoms with Gasteiger partial charge in [0, 0.05) is 0 Å². The van der Waals surface area contributed by atoms with Crippen molar-refractivity contribution in [2.75, 3.05) is 19.7 Å². The Labute approximate surface area is 97.4 Å². The first kappa shape index (κ1) is 12.8. The summed E-state index contributed by atoms with van der Waals surface area (Å²) in [7, 11) is 0. The molecule has 0 unspecified atom stereocenters. The molecule has 0 aromatic carbocycles. The number of nitrogens with one attached hydrogen (secondary N) is 1. The molecule has 1 aliphatic heterocycles. The van der Waals surface area contributed by atoms with Gasteiger partial charge in [0.1, 0.15) is 0 Å². The molecule has 0 radical (unpaired) electrons. The monoisotopic (exact) mass is 233 g/mol. The third kappa shape index (κ3) is 3.65. The number of esters is 1. The van der Waals surface area contributed by atoms with Gasteiger partial charge in [0.2, 0.25) is 0 Å². The zero-order chi connectivity index (χ0) is 9.80. The van der Waals surface area contributed by atoms with Gasteiger partial charge >= 0.3 is 5.97 Å². The van der Waals surface area contributed by atoms with Gasteiger partial charge in [-0.3, -0.25) is 4.79 Å². The SMILES string of the molecule is Cl.O=C(OCC1CCNCC1)C1CCC1. The third-order valence-electron chi connectivity index (χ3n) is 3.36. The van der Waals surface area contributed by atoms with Crippen molar-refractivity contribution >= 4 is 18.4 Å². The van der Waals surface area contributed by atoms with Crippen LogP contribution in [0.3, 0.4) is 0 Å². The van der Waals surface area contributed by atoms with Crippen LogP contribution < -0.4 is 5.32 Å². The molecule has 1 saturated heterocycles. The first-order valence-electron chi connectivity index (χ1n) is 5.73. The normalized spacial score (nSPS) is 22.7. The lowest BCUT2D eigenvalue weighted by molar-refractivity contribution is -0.153. The van der Waals surface area contributed by atoms with Crippen molar-refractivity contribution in [3.8, 4) is 0 Å². The Bertz CT molecular complexity index is 201. The molecule has 2 fully saturated rings. The molecule has 0 atom stereocenters. The molecule has 0 spiro atoms. The van der Waals surface area contributed by atoms with Crippen LogP contribution in [0, 0.1) is 11.8 Å². The molecule has 1 heterocycles. The molecule has 15 heavy (non-hydrogen) atoms. The van der Waals surface area contributed by atoms with E-state index in [1.54, 1.807) is 0 Å². The van der Waals surface area contributed by atoms with Gasteiger partial charge in [0.25, 0.3) is 0 Å². The average molecular weight is 234 g/mol. The molecule has 1 saturated carbocycles. The van der Waals surface area contributed by atoms with Crippen LogP contribution in [0.25, 0.3) is 0 Å². The Hall–Kier alpha value is -0.280. The number of ether oxygens (including phenoxy) is 1.